The van der Waals surface area contributed by atoms with Crippen LogP contribution in [0.3, 0.4) is 0 Å². The lowest BCUT2D eigenvalue weighted by molar-refractivity contribution is 0.597. The van der Waals surface area contributed by atoms with E-state index in [1.807, 2.05) is 4.98 Å². The molecule has 1 aromatic heterocycles. The second kappa shape index (κ2) is 3.12. The number of hydrogen-bond donors (Lipinski definition) is 2. The number of nitrogens with one attached hydrogen (secondary N) is 1. The molecule has 0 aliphatic rings. The number of nitriles is 1. The first-order chi connectivity index (χ1) is 6.36. The van der Waals surface area contributed by atoms with Crippen LogP contribution in [0.4, 0.5) is 5.82 Å². The fraction of sp³-hybridized carbons (Fsp3) is 0.167. The van der Waals surface area contributed by atoms with E-state index in [0.717, 1.165) is 6.26 Å². The van der Waals surface area contributed by atoms with Gasteiger partial charge in [0.2, 0.25) is 0 Å². The number of sulfone groups is 1. The molecule has 0 amide bonds. The van der Waals surface area contributed by atoms with Crippen LogP contribution in [0, 0.1) is 11.3 Å². The molecule has 0 saturated heterocycles. The SMILES string of the molecule is CS(=O)(=O)c1[nH]c(=O)nc(N)c1C#N. The average Bonchev–Trinajstić information content (AvgIpc) is 2.01. The zero-order chi connectivity index (χ0) is 10.9. The third-order valence-corrected chi connectivity index (χ3v) is 2.46. The van der Waals surface area contributed by atoms with E-state index in [1.54, 1.807) is 6.07 Å². The summed E-state index contributed by atoms with van der Waals surface area (Å²) in [7, 11) is -3.69. The Hall–Kier alpha value is -1.88. The number of aromatic nitrogens is 2. The number of H-pyrrole nitrogens is 1. The molecule has 0 aliphatic carbocycles. The maximum Gasteiger partial charge on any atom is 0.347 e. The Morgan fingerprint density at radius 1 is 1.57 bits per heavy atom. The molecule has 74 valence electrons. The van der Waals surface area contributed by atoms with Gasteiger partial charge in [0.15, 0.2) is 14.9 Å². The lowest BCUT2D eigenvalue weighted by Crippen LogP contribution is -2.19. The van der Waals surface area contributed by atoms with Crippen LogP contribution >= 0.6 is 0 Å². The van der Waals surface area contributed by atoms with Gasteiger partial charge in [-0.2, -0.15) is 10.2 Å². The van der Waals surface area contributed by atoms with Crippen LogP contribution in [0.15, 0.2) is 9.82 Å². The number of nitrogens with two attached hydrogens (primary N) is 1. The first kappa shape index (κ1) is 10.2. The fourth-order valence-electron chi connectivity index (χ4n) is 0.855. The van der Waals surface area contributed by atoms with E-state index in [9.17, 15) is 13.2 Å². The Morgan fingerprint density at radius 2 is 2.14 bits per heavy atom. The highest BCUT2D eigenvalue weighted by Gasteiger charge is 2.18. The third-order valence-electron chi connectivity index (χ3n) is 1.41. The maximum atomic E-state index is 11.1. The minimum atomic E-state index is -3.69. The molecule has 3 N–H and O–H groups in total. The summed E-state index contributed by atoms with van der Waals surface area (Å²) in [6.07, 6.45) is 0.860. The highest BCUT2D eigenvalue weighted by atomic mass is 32.2. The topological polar surface area (TPSA) is 130 Å². The van der Waals surface area contributed by atoms with E-state index in [-0.39, 0.29) is 5.56 Å². The molecule has 14 heavy (non-hydrogen) atoms. The molecule has 0 radical (unpaired) electrons. The van der Waals surface area contributed by atoms with Crippen molar-refractivity contribution in [3.8, 4) is 6.07 Å². The molecule has 1 aromatic rings. The zero-order valence-electron chi connectivity index (χ0n) is 7.10. The van der Waals surface area contributed by atoms with Crippen molar-refractivity contribution in [2.75, 3.05) is 12.0 Å². The normalized spacial score (nSPS) is 10.9. The standard InChI is InChI=1S/C6H6N4O3S/c1-14(12,13)5-3(2-7)4(8)9-6(11)10-5/h1H3,(H3,8,9,10,11). The monoisotopic (exact) mass is 214 g/mol. The van der Waals surface area contributed by atoms with Crippen LogP contribution in [0.5, 0.6) is 0 Å². The van der Waals surface area contributed by atoms with Gasteiger partial charge in [-0.05, 0) is 0 Å². The van der Waals surface area contributed by atoms with Gasteiger partial charge in [-0.25, -0.2) is 13.2 Å². The Labute approximate surface area is 79.1 Å². The Kier molecular flexibility index (Phi) is 2.27. The molecule has 0 aromatic carbocycles. The summed E-state index contributed by atoms with van der Waals surface area (Å²) < 4.78 is 22.2. The van der Waals surface area contributed by atoms with Gasteiger partial charge in [-0.1, -0.05) is 0 Å². The summed E-state index contributed by atoms with van der Waals surface area (Å²) in [6.45, 7) is 0. The maximum absolute atomic E-state index is 11.1. The second-order valence-electron chi connectivity index (χ2n) is 2.52. The molecular formula is C6H6N4O3S. The van der Waals surface area contributed by atoms with Crippen molar-refractivity contribution in [2.24, 2.45) is 0 Å². The molecule has 1 rings (SSSR count). The molecular weight excluding hydrogens is 208 g/mol. The Balaban J connectivity index is 3.77. The molecule has 7 nitrogen and oxygen atoms in total. The van der Waals surface area contributed by atoms with Crippen molar-refractivity contribution in [2.45, 2.75) is 5.03 Å². The molecule has 0 bridgehead atoms. The van der Waals surface area contributed by atoms with Crippen LogP contribution in [-0.2, 0) is 9.84 Å². The van der Waals surface area contributed by atoms with Gasteiger partial charge in [0.1, 0.15) is 17.5 Å². The van der Waals surface area contributed by atoms with Crippen LogP contribution in [0.1, 0.15) is 5.56 Å². The van der Waals surface area contributed by atoms with Crippen molar-refractivity contribution in [3.63, 3.8) is 0 Å². The van der Waals surface area contributed by atoms with Crippen molar-refractivity contribution < 1.29 is 8.42 Å². The van der Waals surface area contributed by atoms with E-state index in [2.05, 4.69) is 4.98 Å². The number of hydrogen-bond acceptors (Lipinski definition) is 6. The van der Waals surface area contributed by atoms with Gasteiger partial charge in [0.05, 0.1) is 0 Å². The lowest BCUT2D eigenvalue weighted by Gasteiger charge is -2.01. The molecule has 8 heteroatoms. The highest BCUT2D eigenvalue weighted by molar-refractivity contribution is 7.90. The van der Waals surface area contributed by atoms with Gasteiger partial charge >= 0.3 is 5.69 Å². The molecule has 0 atom stereocenters. The molecule has 0 aliphatic heterocycles. The van der Waals surface area contributed by atoms with E-state index < -0.39 is 26.4 Å². The van der Waals surface area contributed by atoms with Crippen LogP contribution in [-0.4, -0.2) is 24.6 Å². The first-order valence-corrected chi connectivity index (χ1v) is 5.25. The van der Waals surface area contributed by atoms with E-state index in [1.165, 1.54) is 0 Å². The van der Waals surface area contributed by atoms with Crippen molar-refractivity contribution in [3.05, 3.63) is 16.0 Å². The minimum Gasteiger partial charge on any atom is -0.382 e. The van der Waals surface area contributed by atoms with Crippen LogP contribution in [0.25, 0.3) is 0 Å². The van der Waals surface area contributed by atoms with Crippen LogP contribution < -0.4 is 11.4 Å². The van der Waals surface area contributed by atoms with Crippen molar-refractivity contribution in [1.29, 1.82) is 5.26 Å². The second-order valence-corrected chi connectivity index (χ2v) is 4.47. The molecule has 0 fully saturated rings. The predicted octanol–water partition coefficient (Wildman–Crippen LogP) is -1.37. The number of nitrogen functional groups attached to an aromatic ring is 1. The van der Waals surface area contributed by atoms with Gasteiger partial charge in [0.25, 0.3) is 0 Å². The molecule has 0 unspecified atom stereocenters. The number of anilines is 1. The van der Waals surface area contributed by atoms with Crippen molar-refractivity contribution in [1.82, 2.24) is 9.97 Å². The highest BCUT2D eigenvalue weighted by Crippen LogP contribution is 2.13. The quantitative estimate of drug-likeness (QED) is 0.554. The largest absolute Gasteiger partial charge is 0.382 e. The number of rotatable bonds is 1. The molecule has 0 spiro atoms. The Morgan fingerprint density at radius 3 is 2.57 bits per heavy atom. The van der Waals surface area contributed by atoms with Gasteiger partial charge in [-0.3, -0.25) is 4.98 Å². The van der Waals surface area contributed by atoms with Gasteiger partial charge < -0.3 is 5.73 Å². The third kappa shape index (κ3) is 1.72. The summed E-state index contributed by atoms with van der Waals surface area (Å²) in [4.78, 5) is 16.0. The zero-order valence-corrected chi connectivity index (χ0v) is 7.92. The predicted molar refractivity (Wildman–Crippen MR) is 47.1 cm³/mol. The van der Waals surface area contributed by atoms with E-state index >= 15 is 0 Å². The summed E-state index contributed by atoms with van der Waals surface area (Å²) in [5.74, 6) is -0.392. The number of aromatic amines is 1. The summed E-state index contributed by atoms with van der Waals surface area (Å²) in [6, 6.07) is 1.56. The smallest absolute Gasteiger partial charge is 0.347 e. The summed E-state index contributed by atoms with van der Waals surface area (Å²) in [5, 5.41) is 8.09. The Bertz CT molecular complexity index is 566. The molecule has 1 heterocycles. The van der Waals surface area contributed by atoms with Crippen molar-refractivity contribution >= 4 is 15.7 Å². The van der Waals surface area contributed by atoms with Crippen LogP contribution in [0.2, 0.25) is 0 Å². The summed E-state index contributed by atoms with van der Waals surface area (Å²) in [5.41, 5.74) is 3.97. The van der Waals surface area contributed by atoms with E-state index in [0.29, 0.717) is 0 Å². The number of nitrogens with zero attached hydrogens (tertiary/aromatic N) is 2. The van der Waals surface area contributed by atoms with Gasteiger partial charge in [-0.15, -0.1) is 0 Å². The van der Waals surface area contributed by atoms with Gasteiger partial charge in [0, 0.05) is 6.26 Å². The minimum absolute atomic E-state index is 0.341. The summed E-state index contributed by atoms with van der Waals surface area (Å²) >= 11 is 0. The van der Waals surface area contributed by atoms with E-state index in [4.69, 9.17) is 11.0 Å². The lowest BCUT2D eigenvalue weighted by atomic mass is 10.3. The average molecular weight is 214 g/mol. The fourth-order valence-corrected chi connectivity index (χ4v) is 1.65. The molecule has 0 saturated carbocycles. The first-order valence-electron chi connectivity index (χ1n) is 3.36.